The van der Waals surface area contributed by atoms with Crippen molar-refractivity contribution in [3.05, 3.63) is 35.4 Å². The number of piperazine rings is 1. The minimum absolute atomic E-state index is 0. The molecule has 1 aromatic carbocycles. The van der Waals surface area contributed by atoms with E-state index in [9.17, 15) is 4.79 Å². The molecule has 0 bridgehead atoms. The molecule has 4 nitrogen and oxygen atoms in total. The molecule has 0 aromatic heterocycles. The molecule has 1 heterocycles. The Labute approximate surface area is 145 Å². The number of hydrogen-bond donors (Lipinski definition) is 1. The van der Waals surface area contributed by atoms with Gasteiger partial charge in [0, 0.05) is 19.6 Å². The summed E-state index contributed by atoms with van der Waals surface area (Å²) in [6.45, 7) is 5.56. The third-order valence-corrected chi connectivity index (χ3v) is 4.61. The van der Waals surface area contributed by atoms with Crippen LogP contribution < -0.4 is 5.32 Å². The average molecular weight is 339 g/mol. The summed E-state index contributed by atoms with van der Waals surface area (Å²) in [7, 11) is 0. The fraction of sp³-hybridized carbons (Fsp3) is 0.611. The molecule has 0 radical (unpaired) electrons. The number of benzene rings is 1. The summed E-state index contributed by atoms with van der Waals surface area (Å²) < 4.78 is 5.58. The zero-order chi connectivity index (χ0) is 15.4. The highest BCUT2D eigenvalue weighted by molar-refractivity contribution is 5.85. The minimum atomic E-state index is 0. The third-order valence-electron chi connectivity index (χ3n) is 4.61. The summed E-state index contributed by atoms with van der Waals surface area (Å²) in [5.41, 5.74) is 2.54. The van der Waals surface area contributed by atoms with Crippen LogP contribution in [0.1, 0.15) is 36.9 Å². The average Bonchev–Trinajstić information content (AvgIpc) is 3.39. The lowest BCUT2D eigenvalue weighted by Crippen LogP contribution is -2.49. The van der Waals surface area contributed by atoms with Gasteiger partial charge in [-0.2, -0.15) is 0 Å². The topological polar surface area (TPSA) is 41.6 Å². The Morgan fingerprint density at radius 2 is 2.04 bits per heavy atom. The number of nitrogens with one attached hydrogen (secondary N) is 1. The van der Waals surface area contributed by atoms with E-state index in [-0.39, 0.29) is 31.0 Å². The van der Waals surface area contributed by atoms with Gasteiger partial charge in [-0.1, -0.05) is 31.2 Å². The standard InChI is InChI=1S/C18H26N2O2.ClH/c1-2-14-5-7-16(8-6-14)17-11-19-9-10-20(17)18(21)13-22-12-15-3-4-15;/h5-8,15,17,19H,2-4,9-13H2,1H3;1H. The summed E-state index contributed by atoms with van der Waals surface area (Å²) in [5, 5.41) is 3.40. The molecule has 1 unspecified atom stereocenters. The van der Waals surface area contributed by atoms with Crippen molar-refractivity contribution in [2.24, 2.45) is 5.92 Å². The minimum Gasteiger partial charge on any atom is -0.371 e. The lowest BCUT2D eigenvalue weighted by molar-refractivity contribution is -0.139. The van der Waals surface area contributed by atoms with Gasteiger partial charge in [-0.25, -0.2) is 0 Å². The van der Waals surface area contributed by atoms with Crippen LogP contribution in [0.25, 0.3) is 0 Å². The highest BCUT2D eigenvalue weighted by Crippen LogP contribution is 2.29. The number of carbonyl (C=O) groups excluding carboxylic acids is 1. The van der Waals surface area contributed by atoms with Crippen LogP contribution in [0.3, 0.4) is 0 Å². The van der Waals surface area contributed by atoms with Crippen LogP contribution in [0.5, 0.6) is 0 Å². The molecular formula is C18H27ClN2O2. The maximum atomic E-state index is 12.5. The molecular weight excluding hydrogens is 312 g/mol. The van der Waals surface area contributed by atoms with Gasteiger partial charge in [-0.15, -0.1) is 12.4 Å². The Morgan fingerprint density at radius 1 is 1.30 bits per heavy atom. The second-order valence-corrected chi connectivity index (χ2v) is 6.36. The van der Waals surface area contributed by atoms with Crippen molar-refractivity contribution >= 4 is 18.3 Å². The van der Waals surface area contributed by atoms with Gasteiger partial charge in [0.15, 0.2) is 0 Å². The van der Waals surface area contributed by atoms with E-state index in [0.717, 1.165) is 32.7 Å². The van der Waals surface area contributed by atoms with Crippen molar-refractivity contribution in [3.63, 3.8) is 0 Å². The molecule has 1 N–H and O–H groups in total. The van der Waals surface area contributed by atoms with Gasteiger partial charge in [0.1, 0.15) is 6.61 Å². The van der Waals surface area contributed by atoms with Gasteiger partial charge >= 0.3 is 0 Å². The van der Waals surface area contributed by atoms with Crippen molar-refractivity contribution in [2.75, 3.05) is 32.8 Å². The van der Waals surface area contributed by atoms with Crippen molar-refractivity contribution in [1.82, 2.24) is 10.2 Å². The van der Waals surface area contributed by atoms with Crippen LogP contribution in [-0.4, -0.2) is 43.7 Å². The van der Waals surface area contributed by atoms with Gasteiger partial charge < -0.3 is 15.0 Å². The van der Waals surface area contributed by atoms with Crippen molar-refractivity contribution < 1.29 is 9.53 Å². The summed E-state index contributed by atoms with van der Waals surface area (Å²) in [6, 6.07) is 8.76. The smallest absolute Gasteiger partial charge is 0.249 e. The maximum Gasteiger partial charge on any atom is 0.249 e. The summed E-state index contributed by atoms with van der Waals surface area (Å²) in [4.78, 5) is 14.5. The molecule has 1 atom stereocenters. The Hall–Kier alpha value is -1.10. The Bertz CT molecular complexity index is 502. The summed E-state index contributed by atoms with van der Waals surface area (Å²) in [5.74, 6) is 0.819. The summed E-state index contributed by atoms with van der Waals surface area (Å²) >= 11 is 0. The van der Waals surface area contributed by atoms with Gasteiger partial charge in [0.05, 0.1) is 12.6 Å². The van der Waals surface area contributed by atoms with E-state index < -0.39 is 0 Å². The molecule has 0 spiro atoms. The first kappa shape index (κ1) is 18.2. The van der Waals surface area contributed by atoms with E-state index in [1.807, 2.05) is 4.90 Å². The number of halogens is 1. The Kier molecular flexibility index (Phi) is 6.88. The lowest BCUT2D eigenvalue weighted by atomic mass is 10.0. The molecule has 2 fully saturated rings. The van der Waals surface area contributed by atoms with Gasteiger partial charge in [-0.3, -0.25) is 4.79 Å². The first-order valence-electron chi connectivity index (χ1n) is 8.44. The first-order valence-corrected chi connectivity index (χ1v) is 8.44. The van der Waals surface area contributed by atoms with Crippen LogP contribution in [0, 0.1) is 5.92 Å². The molecule has 1 saturated heterocycles. The number of hydrogen-bond acceptors (Lipinski definition) is 3. The van der Waals surface area contributed by atoms with Crippen molar-refractivity contribution in [2.45, 2.75) is 32.2 Å². The van der Waals surface area contributed by atoms with E-state index in [1.165, 1.54) is 24.0 Å². The molecule has 1 aromatic rings. The first-order chi connectivity index (χ1) is 10.8. The van der Waals surface area contributed by atoms with E-state index in [1.54, 1.807) is 0 Å². The molecule has 1 aliphatic carbocycles. The van der Waals surface area contributed by atoms with Crippen LogP contribution in [0.4, 0.5) is 0 Å². The largest absolute Gasteiger partial charge is 0.371 e. The number of amides is 1. The van der Waals surface area contributed by atoms with Crippen LogP contribution in [0.15, 0.2) is 24.3 Å². The van der Waals surface area contributed by atoms with Crippen LogP contribution in [0.2, 0.25) is 0 Å². The number of ether oxygens (including phenoxy) is 1. The lowest BCUT2D eigenvalue weighted by Gasteiger charge is -2.36. The van der Waals surface area contributed by atoms with E-state index in [0.29, 0.717) is 5.92 Å². The predicted octanol–water partition coefficient (Wildman–Crippen LogP) is 2.57. The molecule has 1 saturated carbocycles. The fourth-order valence-electron chi connectivity index (χ4n) is 2.96. The second kappa shape index (κ2) is 8.67. The maximum absolute atomic E-state index is 12.5. The molecule has 1 aliphatic heterocycles. The number of rotatable bonds is 6. The number of aryl methyl sites for hydroxylation is 1. The van der Waals surface area contributed by atoms with E-state index in [4.69, 9.17) is 4.74 Å². The Balaban J connectivity index is 0.00000192. The third kappa shape index (κ3) is 4.93. The molecule has 23 heavy (non-hydrogen) atoms. The molecule has 1 amide bonds. The Morgan fingerprint density at radius 3 is 2.70 bits per heavy atom. The molecule has 2 aliphatic rings. The zero-order valence-electron chi connectivity index (χ0n) is 13.8. The van der Waals surface area contributed by atoms with E-state index >= 15 is 0 Å². The van der Waals surface area contributed by atoms with Gasteiger partial charge in [-0.05, 0) is 36.3 Å². The van der Waals surface area contributed by atoms with Crippen LogP contribution in [-0.2, 0) is 16.0 Å². The summed E-state index contributed by atoms with van der Waals surface area (Å²) in [6.07, 6.45) is 3.56. The number of carbonyl (C=O) groups is 1. The quantitative estimate of drug-likeness (QED) is 0.866. The molecule has 5 heteroatoms. The fourth-order valence-corrected chi connectivity index (χ4v) is 2.96. The molecule has 128 valence electrons. The van der Waals surface area contributed by atoms with Gasteiger partial charge in [0.25, 0.3) is 0 Å². The monoisotopic (exact) mass is 338 g/mol. The number of nitrogens with zero attached hydrogens (tertiary/aromatic N) is 1. The predicted molar refractivity (Wildman–Crippen MR) is 93.9 cm³/mol. The van der Waals surface area contributed by atoms with Crippen molar-refractivity contribution in [3.8, 4) is 0 Å². The second-order valence-electron chi connectivity index (χ2n) is 6.36. The molecule has 3 rings (SSSR count). The zero-order valence-corrected chi connectivity index (χ0v) is 14.6. The highest BCUT2D eigenvalue weighted by atomic mass is 35.5. The van der Waals surface area contributed by atoms with Crippen molar-refractivity contribution in [1.29, 1.82) is 0 Å². The van der Waals surface area contributed by atoms with E-state index in [2.05, 4.69) is 36.5 Å². The highest BCUT2D eigenvalue weighted by Gasteiger charge is 2.28. The van der Waals surface area contributed by atoms with Gasteiger partial charge in [0.2, 0.25) is 5.91 Å². The van der Waals surface area contributed by atoms with Crippen LogP contribution >= 0.6 is 12.4 Å². The SMILES string of the molecule is CCc1ccc(C2CNCCN2C(=O)COCC2CC2)cc1.Cl. The normalized spacial score (nSPS) is 20.9.